The van der Waals surface area contributed by atoms with Crippen molar-refractivity contribution in [3.8, 4) is 0 Å². The molecule has 1 unspecified atom stereocenters. The minimum Gasteiger partial charge on any atom is -0.481 e. The molecule has 2 rings (SSSR count). The average molecular weight is 210 g/mol. The predicted octanol–water partition coefficient (Wildman–Crippen LogP) is -0.370. The molecule has 1 aromatic rings. The second-order valence-electron chi connectivity index (χ2n) is 3.45. The minimum atomic E-state index is -0.990. The smallest absolute Gasteiger partial charge is 0.304 e. The Bertz CT molecular complexity index is 426. The molecule has 7 nitrogen and oxygen atoms in total. The van der Waals surface area contributed by atoms with Crippen molar-refractivity contribution >= 4 is 17.8 Å². The molecule has 0 aliphatic carbocycles. The van der Waals surface area contributed by atoms with Crippen LogP contribution in [-0.4, -0.2) is 31.7 Å². The van der Waals surface area contributed by atoms with Gasteiger partial charge in [0.25, 0.3) is 0 Å². The summed E-state index contributed by atoms with van der Waals surface area (Å²) in [7, 11) is 0. The largest absolute Gasteiger partial charge is 0.481 e. The maximum absolute atomic E-state index is 11.4. The molecule has 2 N–H and O–H groups in total. The number of amides is 1. The molecular formula is C8H10N4O3. The van der Waals surface area contributed by atoms with Crippen molar-refractivity contribution < 1.29 is 14.7 Å². The van der Waals surface area contributed by atoms with E-state index in [2.05, 4.69) is 15.4 Å². The first-order valence-corrected chi connectivity index (χ1v) is 4.50. The number of nitrogens with one attached hydrogen (secondary N) is 1. The van der Waals surface area contributed by atoms with Gasteiger partial charge in [-0.3, -0.25) is 14.9 Å². The highest BCUT2D eigenvalue weighted by atomic mass is 16.4. The molecule has 80 valence electrons. The number of nitrogens with zero attached hydrogens (tertiary/aromatic N) is 3. The van der Waals surface area contributed by atoms with Gasteiger partial charge in [-0.25, -0.2) is 4.68 Å². The number of aliphatic carboxylic acids is 1. The van der Waals surface area contributed by atoms with Crippen LogP contribution < -0.4 is 5.32 Å². The van der Waals surface area contributed by atoms with Gasteiger partial charge in [0.1, 0.15) is 5.82 Å². The second kappa shape index (κ2) is 3.34. The molecule has 7 heteroatoms. The Morgan fingerprint density at radius 1 is 1.73 bits per heavy atom. The molecule has 1 amide bonds. The molecule has 1 atom stereocenters. The summed E-state index contributed by atoms with van der Waals surface area (Å²) >= 11 is 0. The number of carboxylic acids is 1. The van der Waals surface area contributed by atoms with E-state index in [1.54, 1.807) is 6.92 Å². The van der Waals surface area contributed by atoms with Gasteiger partial charge in [-0.15, -0.1) is 0 Å². The number of carbonyl (C=O) groups is 2. The monoisotopic (exact) mass is 210 g/mol. The molecule has 15 heavy (non-hydrogen) atoms. The predicted molar refractivity (Wildman–Crippen MR) is 49.1 cm³/mol. The van der Waals surface area contributed by atoms with Gasteiger partial charge in [-0.1, -0.05) is 0 Å². The van der Waals surface area contributed by atoms with Crippen LogP contribution in [-0.2, 0) is 16.1 Å². The van der Waals surface area contributed by atoms with E-state index in [4.69, 9.17) is 5.11 Å². The number of hydrogen-bond donors (Lipinski definition) is 2. The summed E-state index contributed by atoms with van der Waals surface area (Å²) in [5.41, 5.74) is 0. The lowest BCUT2D eigenvalue weighted by Crippen LogP contribution is -2.35. The van der Waals surface area contributed by atoms with Crippen LogP contribution in [0.5, 0.6) is 0 Å². The van der Waals surface area contributed by atoms with Crippen LogP contribution in [0.1, 0.15) is 12.2 Å². The Morgan fingerprint density at radius 3 is 3.13 bits per heavy atom. The zero-order valence-electron chi connectivity index (χ0n) is 8.10. The van der Waals surface area contributed by atoms with E-state index in [-0.39, 0.29) is 18.9 Å². The standard InChI is InChI=1S/C8H10N4O3/c1-4-9-8-10-7(15)5(2-6(13)14)3-12(8)11-4/h5H,2-3H2,1H3,(H,13,14)(H,9,10,11,15). The molecule has 1 aromatic heterocycles. The zero-order chi connectivity index (χ0) is 11.0. The summed E-state index contributed by atoms with van der Waals surface area (Å²) in [6, 6.07) is 0. The SMILES string of the molecule is Cc1nc2n(n1)CC(CC(=O)O)C(=O)N2. The highest BCUT2D eigenvalue weighted by Crippen LogP contribution is 2.18. The number of hydrogen-bond acceptors (Lipinski definition) is 4. The Hall–Kier alpha value is -1.92. The molecule has 0 bridgehead atoms. The summed E-state index contributed by atoms with van der Waals surface area (Å²) in [5, 5.41) is 15.2. The lowest BCUT2D eigenvalue weighted by Gasteiger charge is -2.20. The second-order valence-corrected chi connectivity index (χ2v) is 3.45. The average Bonchev–Trinajstić information content (AvgIpc) is 2.44. The van der Waals surface area contributed by atoms with Gasteiger partial charge in [0.15, 0.2) is 0 Å². The van der Waals surface area contributed by atoms with Crippen LogP contribution >= 0.6 is 0 Å². The summed E-state index contributed by atoms with van der Waals surface area (Å²) in [6.07, 6.45) is -0.190. The number of aryl methyl sites for hydroxylation is 1. The van der Waals surface area contributed by atoms with Gasteiger partial charge < -0.3 is 5.11 Å². The fourth-order valence-corrected chi connectivity index (χ4v) is 1.55. The number of rotatable bonds is 2. The first-order valence-electron chi connectivity index (χ1n) is 4.50. The lowest BCUT2D eigenvalue weighted by atomic mass is 10.0. The number of carbonyl (C=O) groups excluding carboxylic acids is 1. The molecular weight excluding hydrogens is 200 g/mol. The van der Waals surface area contributed by atoms with Gasteiger partial charge in [-0.05, 0) is 6.92 Å². The minimum absolute atomic E-state index is 0.190. The summed E-state index contributed by atoms with van der Waals surface area (Å²) in [4.78, 5) is 25.9. The van der Waals surface area contributed by atoms with E-state index < -0.39 is 11.9 Å². The molecule has 0 saturated heterocycles. The van der Waals surface area contributed by atoms with Crippen molar-refractivity contribution in [3.05, 3.63) is 5.82 Å². The van der Waals surface area contributed by atoms with Crippen molar-refractivity contribution in [1.29, 1.82) is 0 Å². The van der Waals surface area contributed by atoms with E-state index in [0.717, 1.165) is 0 Å². The van der Waals surface area contributed by atoms with E-state index in [1.165, 1.54) is 4.68 Å². The van der Waals surface area contributed by atoms with Crippen molar-refractivity contribution in [2.75, 3.05) is 5.32 Å². The fourth-order valence-electron chi connectivity index (χ4n) is 1.55. The highest BCUT2D eigenvalue weighted by molar-refractivity contribution is 5.94. The third-order valence-corrected chi connectivity index (χ3v) is 2.20. The fraction of sp³-hybridized carbons (Fsp3) is 0.500. The number of aromatic nitrogens is 3. The topological polar surface area (TPSA) is 97.1 Å². The maximum Gasteiger partial charge on any atom is 0.304 e. The van der Waals surface area contributed by atoms with Crippen LogP contribution in [0.3, 0.4) is 0 Å². The molecule has 0 radical (unpaired) electrons. The van der Waals surface area contributed by atoms with Crippen molar-refractivity contribution in [1.82, 2.24) is 14.8 Å². The van der Waals surface area contributed by atoms with Crippen LogP contribution in [0, 0.1) is 12.8 Å². The molecule has 0 saturated carbocycles. The molecule has 0 spiro atoms. The Kier molecular flexibility index (Phi) is 2.14. The third-order valence-electron chi connectivity index (χ3n) is 2.20. The maximum atomic E-state index is 11.4. The number of fused-ring (bicyclic) bond motifs is 1. The summed E-state index contributed by atoms with van der Waals surface area (Å²) in [5.74, 6) is -0.927. The van der Waals surface area contributed by atoms with Crippen LogP contribution in [0.4, 0.5) is 5.95 Å². The van der Waals surface area contributed by atoms with Gasteiger partial charge in [0.2, 0.25) is 11.9 Å². The first-order chi connectivity index (χ1) is 7.06. The normalized spacial score (nSPS) is 19.5. The quantitative estimate of drug-likeness (QED) is 0.694. The Balaban J connectivity index is 2.21. The van der Waals surface area contributed by atoms with E-state index in [1.807, 2.05) is 0 Å². The lowest BCUT2D eigenvalue weighted by molar-refractivity contribution is -0.140. The van der Waals surface area contributed by atoms with E-state index in [0.29, 0.717) is 11.8 Å². The van der Waals surface area contributed by atoms with Crippen LogP contribution in [0.25, 0.3) is 0 Å². The molecule has 2 heterocycles. The van der Waals surface area contributed by atoms with Gasteiger partial charge in [0.05, 0.1) is 18.9 Å². The van der Waals surface area contributed by atoms with E-state index >= 15 is 0 Å². The Labute approximate surface area is 85.1 Å². The van der Waals surface area contributed by atoms with Crippen molar-refractivity contribution in [2.24, 2.45) is 5.92 Å². The van der Waals surface area contributed by atoms with Gasteiger partial charge in [-0.2, -0.15) is 10.1 Å². The number of carboxylic acid groups (broad SMARTS) is 1. The molecule has 1 aliphatic heterocycles. The van der Waals surface area contributed by atoms with Crippen molar-refractivity contribution in [3.63, 3.8) is 0 Å². The number of anilines is 1. The first kappa shape index (κ1) is 9.63. The van der Waals surface area contributed by atoms with Crippen molar-refractivity contribution in [2.45, 2.75) is 19.9 Å². The van der Waals surface area contributed by atoms with Crippen LogP contribution in [0.15, 0.2) is 0 Å². The van der Waals surface area contributed by atoms with Crippen LogP contribution in [0.2, 0.25) is 0 Å². The highest BCUT2D eigenvalue weighted by Gasteiger charge is 2.29. The van der Waals surface area contributed by atoms with E-state index in [9.17, 15) is 9.59 Å². The van der Waals surface area contributed by atoms with Gasteiger partial charge >= 0.3 is 5.97 Å². The molecule has 0 aromatic carbocycles. The molecule has 0 fully saturated rings. The summed E-state index contributed by atoms with van der Waals surface area (Å²) in [6.45, 7) is 1.98. The zero-order valence-corrected chi connectivity index (χ0v) is 8.10. The molecule has 1 aliphatic rings. The summed E-state index contributed by atoms with van der Waals surface area (Å²) < 4.78 is 1.52. The third kappa shape index (κ3) is 1.80. The van der Waals surface area contributed by atoms with Gasteiger partial charge in [0, 0.05) is 0 Å². The Morgan fingerprint density at radius 2 is 2.47 bits per heavy atom.